The van der Waals surface area contributed by atoms with E-state index in [9.17, 15) is 14.4 Å². The smallest absolute Gasteiger partial charge is 0.248 e. The number of nitrogens with one attached hydrogen (secondary N) is 1. The minimum Gasteiger partial charge on any atom is -0.325 e. The van der Waals surface area contributed by atoms with Gasteiger partial charge in [-0.15, -0.1) is 5.10 Å². The van der Waals surface area contributed by atoms with Gasteiger partial charge in [-0.05, 0) is 73.2 Å². The molecule has 1 aliphatic heterocycles. The fourth-order valence-corrected chi connectivity index (χ4v) is 7.21. The van der Waals surface area contributed by atoms with E-state index in [4.69, 9.17) is 0 Å². The van der Waals surface area contributed by atoms with Crippen molar-refractivity contribution in [1.29, 1.82) is 0 Å². The van der Waals surface area contributed by atoms with Crippen molar-refractivity contribution in [3.05, 3.63) is 70.4 Å². The van der Waals surface area contributed by atoms with Crippen LogP contribution in [0.2, 0.25) is 0 Å². The van der Waals surface area contributed by atoms with Crippen molar-refractivity contribution < 1.29 is 14.4 Å². The van der Waals surface area contributed by atoms with Crippen molar-refractivity contribution in [2.45, 2.75) is 77.5 Å². The number of amides is 2. The second-order valence-electron chi connectivity index (χ2n) is 13.2. The SMILES string of the molecule is CC(=O)c1nn(CC(=O)N2[C@H](C(=O)Nc3nc(Br)ccc3C)C[C@@]3(Cn4cc(C5CC5)nn4)C[C@@H]23)c2cnc(-c3cnc(C)nc3)cc12. The van der Waals surface area contributed by atoms with E-state index in [1.165, 1.54) is 11.6 Å². The van der Waals surface area contributed by atoms with E-state index in [2.05, 4.69) is 56.6 Å². The van der Waals surface area contributed by atoms with Gasteiger partial charge in [-0.1, -0.05) is 11.3 Å². The molecule has 0 radical (unpaired) electrons. The number of hydrogen-bond donors (Lipinski definition) is 1. The van der Waals surface area contributed by atoms with Gasteiger partial charge >= 0.3 is 0 Å². The Morgan fingerprint density at radius 1 is 1.06 bits per heavy atom. The lowest BCUT2D eigenvalue weighted by molar-refractivity contribution is -0.138. The van der Waals surface area contributed by atoms with Crippen LogP contribution in [-0.4, -0.2) is 79.3 Å². The van der Waals surface area contributed by atoms with E-state index in [0.717, 1.165) is 30.5 Å². The fraction of sp³-hybridized carbons (Fsp3) is 0.394. The molecule has 5 aromatic rings. The van der Waals surface area contributed by atoms with Gasteiger partial charge in [0, 0.05) is 53.8 Å². The Bertz CT molecular complexity index is 2120. The number of likely N-dealkylation sites (tertiary alicyclic amines) is 1. The molecular formula is C33H32BrN11O3. The summed E-state index contributed by atoms with van der Waals surface area (Å²) in [7, 11) is 0. The molecule has 0 aromatic carbocycles. The molecule has 244 valence electrons. The molecular weight excluding hydrogens is 678 g/mol. The number of carbonyl (C=O) groups is 3. The van der Waals surface area contributed by atoms with Gasteiger partial charge in [-0.2, -0.15) is 5.10 Å². The van der Waals surface area contributed by atoms with Crippen LogP contribution in [0.1, 0.15) is 66.1 Å². The van der Waals surface area contributed by atoms with Crippen molar-refractivity contribution in [2.24, 2.45) is 5.41 Å². The van der Waals surface area contributed by atoms with Crippen LogP contribution in [0.5, 0.6) is 0 Å². The average molecular weight is 711 g/mol. The van der Waals surface area contributed by atoms with Gasteiger partial charge in [0.05, 0.1) is 29.6 Å². The number of halogens is 1. The van der Waals surface area contributed by atoms with Crippen LogP contribution >= 0.6 is 15.9 Å². The largest absolute Gasteiger partial charge is 0.325 e. The van der Waals surface area contributed by atoms with Crippen LogP contribution in [0.25, 0.3) is 22.2 Å². The lowest BCUT2D eigenvalue weighted by Gasteiger charge is -2.27. The minimum absolute atomic E-state index is 0.161. The highest BCUT2D eigenvalue weighted by Gasteiger charge is 2.67. The summed E-state index contributed by atoms with van der Waals surface area (Å²) < 4.78 is 3.96. The summed E-state index contributed by atoms with van der Waals surface area (Å²) in [5, 5.41) is 16.9. The first-order valence-electron chi connectivity index (χ1n) is 15.9. The molecule has 0 spiro atoms. The van der Waals surface area contributed by atoms with Gasteiger partial charge in [0.1, 0.15) is 34.5 Å². The summed E-state index contributed by atoms with van der Waals surface area (Å²) in [5.74, 6) is 0.738. The number of Topliss-reactive ketones (excluding diaryl/α,β-unsaturated/α-hetero) is 1. The Morgan fingerprint density at radius 2 is 1.85 bits per heavy atom. The number of hydrogen-bond acceptors (Lipinski definition) is 10. The van der Waals surface area contributed by atoms with Crippen LogP contribution < -0.4 is 5.32 Å². The zero-order valence-electron chi connectivity index (χ0n) is 26.6. The molecule has 3 fully saturated rings. The quantitative estimate of drug-likeness (QED) is 0.174. The first kappa shape index (κ1) is 30.4. The second-order valence-corrected chi connectivity index (χ2v) is 14.0. The van der Waals surface area contributed by atoms with E-state index in [0.29, 0.717) is 57.3 Å². The number of nitrogens with zero attached hydrogens (tertiary/aromatic N) is 10. The van der Waals surface area contributed by atoms with Gasteiger partial charge in [-0.3, -0.25) is 28.7 Å². The number of ketones is 1. The highest BCUT2D eigenvalue weighted by atomic mass is 79.9. The first-order chi connectivity index (χ1) is 23.1. The normalized spacial score (nSPS) is 21.4. The van der Waals surface area contributed by atoms with E-state index in [-0.39, 0.29) is 41.3 Å². The van der Waals surface area contributed by atoms with Gasteiger partial charge < -0.3 is 10.2 Å². The van der Waals surface area contributed by atoms with Gasteiger partial charge in [0.2, 0.25) is 11.8 Å². The monoisotopic (exact) mass is 709 g/mol. The number of piperidine rings is 1. The Balaban J connectivity index is 1.10. The molecule has 8 rings (SSSR count). The fourth-order valence-electron chi connectivity index (χ4n) is 6.90. The van der Waals surface area contributed by atoms with Crippen LogP contribution in [0.4, 0.5) is 5.82 Å². The number of rotatable bonds is 9. The molecule has 2 amide bonds. The Morgan fingerprint density at radius 3 is 2.60 bits per heavy atom. The number of aromatic nitrogens is 9. The minimum atomic E-state index is -0.733. The Hall–Kier alpha value is -4.92. The van der Waals surface area contributed by atoms with Crippen LogP contribution in [-0.2, 0) is 22.7 Å². The highest BCUT2D eigenvalue weighted by Crippen LogP contribution is 2.60. The zero-order valence-corrected chi connectivity index (χ0v) is 28.2. The van der Waals surface area contributed by atoms with E-state index >= 15 is 0 Å². The van der Waals surface area contributed by atoms with Crippen LogP contribution in [0.15, 0.2) is 47.6 Å². The van der Waals surface area contributed by atoms with E-state index in [1.54, 1.807) is 36.5 Å². The topological polar surface area (TPSA) is 167 Å². The lowest BCUT2D eigenvalue weighted by atomic mass is 9.99. The second kappa shape index (κ2) is 11.4. The average Bonchev–Trinajstić information content (AvgIpc) is 3.90. The molecule has 3 aliphatic rings. The summed E-state index contributed by atoms with van der Waals surface area (Å²) >= 11 is 3.39. The maximum Gasteiger partial charge on any atom is 0.248 e. The number of pyridine rings is 2. The van der Waals surface area contributed by atoms with Crippen molar-refractivity contribution in [3.8, 4) is 11.3 Å². The van der Waals surface area contributed by atoms with Gasteiger partial charge in [0.25, 0.3) is 0 Å². The Labute approximate surface area is 283 Å². The molecule has 0 unspecified atom stereocenters. The highest BCUT2D eigenvalue weighted by molar-refractivity contribution is 9.10. The third-order valence-corrected chi connectivity index (χ3v) is 10.1. The molecule has 14 nitrogen and oxygen atoms in total. The predicted octanol–water partition coefficient (Wildman–Crippen LogP) is 4.03. The molecule has 3 atom stereocenters. The van der Waals surface area contributed by atoms with E-state index < -0.39 is 6.04 Å². The molecule has 48 heavy (non-hydrogen) atoms. The molecule has 6 heterocycles. The predicted molar refractivity (Wildman–Crippen MR) is 177 cm³/mol. The molecule has 1 saturated heterocycles. The van der Waals surface area contributed by atoms with Crippen molar-refractivity contribution >= 4 is 50.2 Å². The molecule has 15 heteroatoms. The standard InChI is InChI=1S/C33H32BrN11O3/c1-17-4-7-28(34)38-31(17)39-32(48)25-9-33(16-43-14-24(40-42-43)20-5-6-20)10-27(33)45(25)29(47)15-44-26-13-37-23(21-11-35-19(3)36-12-21)8-22(26)30(41-44)18(2)46/h4,7-8,11-14,20,25,27H,5-6,9-10,15-16H2,1-3H3,(H,38,39,48)/t25-,27+,33-/m0/s1. The maximum atomic E-state index is 14.3. The molecule has 2 saturated carbocycles. The van der Waals surface area contributed by atoms with Crippen LogP contribution in [0.3, 0.4) is 0 Å². The number of fused-ring (bicyclic) bond motifs is 2. The number of aryl methyl sites for hydroxylation is 2. The summed E-state index contributed by atoms with van der Waals surface area (Å²) in [4.78, 5) is 60.2. The van der Waals surface area contributed by atoms with Crippen LogP contribution in [0, 0.1) is 19.3 Å². The molecule has 0 bridgehead atoms. The zero-order chi connectivity index (χ0) is 33.3. The summed E-state index contributed by atoms with van der Waals surface area (Å²) in [6.45, 7) is 5.51. The molecule has 5 aromatic heterocycles. The van der Waals surface area contributed by atoms with Crippen molar-refractivity contribution in [3.63, 3.8) is 0 Å². The van der Waals surface area contributed by atoms with Crippen molar-refractivity contribution in [2.75, 3.05) is 5.32 Å². The third kappa shape index (κ3) is 5.45. The lowest BCUT2D eigenvalue weighted by Crippen LogP contribution is -2.47. The maximum absolute atomic E-state index is 14.3. The summed E-state index contributed by atoms with van der Waals surface area (Å²) in [5.41, 5.74) is 3.55. The Kier molecular flexibility index (Phi) is 7.20. The number of carbonyl (C=O) groups excluding carboxylic acids is 3. The number of anilines is 1. The molecule has 2 aliphatic carbocycles. The van der Waals surface area contributed by atoms with Gasteiger partial charge in [0.15, 0.2) is 5.78 Å². The summed E-state index contributed by atoms with van der Waals surface area (Å²) in [6, 6.07) is 4.55. The summed E-state index contributed by atoms with van der Waals surface area (Å²) in [6.07, 6.45) is 10.4. The third-order valence-electron chi connectivity index (χ3n) is 9.67. The molecule has 1 N–H and O–H groups in total. The van der Waals surface area contributed by atoms with Gasteiger partial charge in [-0.25, -0.2) is 15.0 Å². The first-order valence-corrected chi connectivity index (χ1v) is 16.7. The van der Waals surface area contributed by atoms with E-state index in [1.807, 2.05) is 29.9 Å². The van der Waals surface area contributed by atoms with Crippen molar-refractivity contribution in [1.82, 2.24) is 49.6 Å².